The van der Waals surface area contributed by atoms with E-state index in [1.807, 2.05) is 6.92 Å². The van der Waals surface area contributed by atoms with E-state index in [1.54, 1.807) is 18.2 Å². The lowest BCUT2D eigenvalue weighted by Gasteiger charge is -2.13. The Morgan fingerprint density at radius 3 is 2.82 bits per heavy atom. The van der Waals surface area contributed by atoms with Gasteiger partial charge in [0.05, 0.1) is 24.8 Å². The zero-order chi connectivity index (χ0) is 20.3. The van der Waals surface area contributed by atoms with Crippen LogP contribution in [0.5, 0.6) is 5.75 Å². The highest BCUT2D eigenvalue weighted by Gasteiger charge is 2.28. The molecule has 0 unspecified atom stereocenters. The summed E-state index contributed by atoms with van der Waals surface area (Å²) in [5.74, 6) is -0.330. The lowest BCUT2D eigenvalue weighted by Crippen LogP contribution is -2.34. The van der Waals surface area contributed by atoms with Gasteiger partial charge in [-0.15, -0.1) is 11.3 Å². The Balaban J connectivity index is 1.78. The van der Waals surface area contributed by atoms with Crippen molar-refractivity contribution in [2.24, 2.45) is 0 Å². The van der Waals surface area contributed by atoms with Gasteiger partial charge in [0.15, 0.2) is 5.11 Å². The maximum absolute atomic E-state index is 12.7. The summed E-state index contributed by atoms with van der Waals surface area (Å²) in [4.78, 5) is 26.1. The van der Waals surface area contributed by atoms with Gasteiger partial charge in [-0.2, -0.15) is 0 Å². The molecule has 2 N–H and O–H groups in total. The smallest absolute Gasteiger partial charge is 0.341 e. The summed E-state index contributed by atoms with van der Waals surface area (Å²) in [5, 5.41) is 6.35. The number of ether oxygens (including phenoxy) is 2. The number of carbonyl (C=O) groups is 2. The molecule has 0 atom stereocenters. The standard InChI is InChI=1S/C19H19BrN2O4S2/c1-3-26-13-8-7-10(20)9-12(13)16(23)21-19(27)22-17-15(18(24)25-2)11-5-4-6-14(11)28-17/h7-9H,3-6H2,1-2H3,(H2,21,22,23,27). The van der Waals surface area contributed by atoms with E-state index in [2.05, 4.69) is 26.6 Å². The number of rotatable bonds is 5. The summed E-state index contributed by atoms with van der Waals surface area (Å²) in [6.45, 7) is 2.29. The third kappa shape index (κ3) is 4.37. The van der Waals surface area contributed by atoms with Crippen LogP contribution < -0.4 is 15.4 Å². The first kappa shape index (κ1) is 20.8. The second-order valence-electron chi connectivity index (χ2n) is 6.03. The van der Waals surface area contributed by atoms with Crippen LogP contribution in [0.25, 0.3) is 0 Å². The third-order valence-corrected chi connectivity index (χ3v) is 6.16. The zero-order valence-corrected chi connectivity index (χ0v) is 18.6. The summed E-state index contributed by atoms with van der Waals surface area (Å²) in [5.41, 5.74) is 1.88. The maximum Gasteiger partial charge on any atom is 0.341 e. The number of methoxy groups -OCH3 is 1. The molecule has 148 valence electrons. The molecular formula is C19H19BrN2O4S2. The molecule has 0 radical (unpaired) electrons. The number of halogens is 1. The van der Waals surface area contributed by atoms with Gasteiger partial charge in [0.1, 0.15) is 10.8 Å². The van der Waals surface area contributed by atoms with Crippen LogP contribution in [0.3, 0.4) is 0 Å². The van der Waals surface area contributed by atoms with Gasteiger partial charge in [-0.1, -0.05) is 15.9 Å². The Morgan fingerprint density at radius 2 is 2.11 bits per heavy atom. The number of thiocarbonyl (C=S) groups is 1. The van der Waals surface area contributed by atoms with Gasteiger partial charge < -0.3 is 14.8 Å². The van der Waals surface area contributed by atoms with Gasteiger partial charge in [0.2, 0.25) is 0 Å². The minimum Gasteiger partial charge on any atom is -0.493 e. The van der Waals surface area contributed by atoms with E-state index in [0.29, 0.717) is 28.5 Å². The fraction of sp³-hybridized carbons (Fsp3) is 0.316. The third-order valence-electron chi connectivity index (χ3n) is 4.25. The van der Waals surface area contributed by atoms with E-state index in [-0.39, 0.29) is 5.11 Å². The van der Waals surface area contributed by atoms with Crippen LogP contribution in [0.4, 0.5) is 5.00 Å². The lowest BCUT2D eigenvalue weighted by atomic mass is 10.1. The summed E-state index contributed by atoms with van der Waals surface area (Å²) < 4.78 is 11.2. The quantitative estimate of drug-likeness (QED) is 0.488. The topological polar surface area (TPSA) is 76.7 Å². The molecule has 1 aliphatic rings. The number of hydrogen-bond donors (Lipinski definition) is 2. The van der Waals surface area contributed by atoms with Crippen molar-refractivity contribution in [1.82, 2.24) is 5.32 Å². The first-order valence-electron chi connectivity index (χ1n) is 8.72. The molecule has 0 spiro atoms. The molecule has 2 aromatic rings. The largest absolute Gasteiger partial charge is 0.493 e. The number of aryl methyl sites for hydroxylation is 1. The normalized spacial score (nSPS) is 12.2. The lowest BCUT2D eigenvalue weighted by molar-refractivity contribution is 0.0601. The first-order valence-corrected chi connectivity index (χ1v) is 10.7. The molecule has 1 amide bonds. The molecule has 1 aliphatic carbocycles. The fourth-order valence-electron chi connectivity index (χ4n) is 3.08. The van der Waals surface area contributed by atoms with Gasteiger partial charge in [-0.05, 0) is 62.2 Å². The number of thiophene rings is 1. The molecule has 0 bridgehead atoms. The van der Waals surface area contributed by atoms with Crippen molar-refractivity contribution in [3.8, 4) is 5.75 Å². The van der Waals surface area contributed by atoms with E-state index < -0.39 is 11.9 Å². The van der Waals surface area contributed by atoms with Gasteiger partial charge in [-0.25, -0.2) is 4.79 Å². The van der Waals surface area contributed by atoms with Crippen molar-refractivity contribution in [2.75, 3.05) is 19.0 Å². The Labute approximate surface area is 180 Å². The second kappa shape index (κ2) is 9.02. The zero-order valence-electron chi connectivity index (χ0n) is 15.4. The first-order chi connectivity index (χ1) is 13.4. The molecule has 0 saturated carbocycles. The van der Waals surface area contributed by atoms with Crippen molar-refractivity contribution in [2.45, 2.75) is 26.2 Å². The van der Waals surface area contributed by atoms with Gasteiger partial charge in [0, 0.05) is 9.35 Å². The number of hydrogen-bond acceptors (Lipinski definition) is 6. The van der Waals surface area contributed by atoms with Crippen LogP contribution in [-0.2, 0) is 17.6 Å². The number of carbonyl (C=O) groups excluding carboxylic acids is 2. The minimum absolute atomic E-state index is 0.109. The van der Waals surface area contributed by atoms with E-state index in [9.17, 15) is 9.59 Å². The molecule has 6 nitrogen and oxygen atoms in total. The van der Waals surface area contributed by atoms with E-state index >= 15 is 0 Å². The Hall–Kier alpha value is -1.97. The molecule has 0 aliphatic heterocycles. The van der Waals surface area contributed by atoms with E-state index in [4.69, 9.17) is 21.7 Å². The fourth-order valence-corrected chi connectivity index (χ4v) is 4.98. The molecule has 0 saturated heterocycles. The molecule has 9 heteroatoms. The van der Waals surface area contributed by atoms with Gasteiger partial charge >= 0.3 is 5.97 Å². The van der Waals surface area contributed by atoms with Crippen LogP contribution in [0.2, 0.25) is 0 Å². The SMILES string of the molecule is CCOc1ccc(Br)cc1C(=O)NC(=S)Nc1sc2c(c1C(=O)OC)CCC2. The monoisotopic (exact) mass is 482 g/mol. The number of anilines is 1. The Morgan fingerprint density at radius 1 is 1.32 bits per heavy atom. The highest BCUT2D eigenvalue weighted by Crippen LogP contribution is 2.39. The molecule has 0 fully saturated rings. The molecule has 1 aromatic carbocycles. The minimum atomic E-state index is -0.401. The average molecular weight is 483 g/mol. The Kier molecular flexibility index (Phi) is 6.69. The van der Waals surface area contributed by atoms with Crippen LogP contribution in [0.15, 0.2) is 22.7 Å². The van der Waals surface area contributed by atoms with Crippen LogP contribution >= 0.6 is 39.5 Å². The van der Waals surface area contributed by atoms with Crippen molar-refractivity contribution in [3.63, 3.8) is 0 Å². The second-order valence-corrected chi connectivity index (χ2v) is 8.46. The van der Waals surface area contributed by atoms with Gasteiger partial charge in [0.25, 0.3) is 5.91 Å². The molecule has 28 heavy (non-hydrogen) atoms. The number of amides is 1. The summed E-state index contributed by atoms with van der Waals surface area (Å²) in [6.07, 6.45) is 2.79. The predicted octanol–water partition coefficient (Wildman–Crippen LogP) is 4.31. The molecule has 1 heterocycles. The average Bonchev–Trinajstić information content (AvgIpc) is 3.23. The predicted molar refractivity (Wildman–Crippen MR) is 117 cm³/mol. The van der Waals surface area contributed by atoms with Crippen molar-refractivity contribution >= 4 is 61.5 Å². The molecule has 3 rings (SSSR count). The summed E-state index contributed by atoms with van der Waals surface area (Å²) in [7, 11) is 1.35. The van der Waals surface area contributed by atoms with Crippen LogP contribution in [0, 0.1) is 0 Å². The number of esters is 1. The maximum atomic E-state index is 12.7. The highest BCUT2D eigenvalue weighted by molar-refractivity contribution is 9.10. The van der Waals surface area contributed by atoms with E-state index in [0.717, 1.165) is 34.2 Å². The van der Waals surface area contributed by atoms with E-state index in [1.165, 1.54) is 18.4 Å². The number of nitrogens with one attached hydrogen (secondary N) is 2. The number of fused-ring (bicyclic) bond motifs is 1. The van der Waals surface area contributed by atoms with Crippen molar-refractivity contribution in [3.05, 3.63) is 44.2 Å². The molecule has 1 aromatic heterocycles. The summed E-state index contributed by atoms with van der Waals surface area (Å²) in [6, 6.07) is 5.19. The van der Waals surface area contributed by atoms with Gasteiger partial charge in [-0.3, -0.25) is 10.1 Å². The number of benzene rings is 1. The van der Waals surface area contributed by atoms with Crippen LogP contribution in [-0.4, -0.2) is 30.7 Å². The van der Waals surface area contributed by atoms with Crippen molar-refractivity contribution < 1.29 is 19.1 Å². The van der Waals surface area contributed by atoms with Crippen LogP contribution in [0.1, 0.15) is 44.5 Å². The molecular weight excluding hydrogens is 464 g/mol. The highest BCUT2D eigenvalue weighted by atomic mass is 79.9. The summed E-state index contributed by atoms with van der Waals surface area (Å²) >= 11 is 10.1. The Bertz CT molecular complexity index is 942. The van der Waals surface area contributed by atoms with Crippen molar-refractivity contribution in [1.29, 1.82) is 0 Å².